The number of benzene rings is 1. The summed E-state index contributed by atoms with van der Waals surface area (Å²) >= 11 is 0. The van der Waals surface area contributed by atoms with Gasteiger partial charge in [-0.3, -0.25) is 5.84 Å². The highest BCUT2D eigenvalue weighted by Crippen LogP contribution is 2.14. The van der Waals surface area contributed by atoms with Crippen molar-refractivity contribution in [2.75, 3.05) is 6.61 Å². The van der Waals surface area contributed by atoms with E-state index < -0.39 is 10.0 Å². The van der Waals surface area contributed by atoms with Gasteiger partial charge >= 0.3 is 0 Å². The summed E-state index contributed by atoms with van der Waals surface area (Å²) in [5, 5.41) is 13.9. The molecule has 164 valence electrons. The van der Waals surface area contributed by atoms with Crippen LogP contribution in [0.1, 0.15) is 45.7 Å². The van der Waals surface area contributed by atoms with Gasteiger partial charge in [-0.1, -0.05) is 81.0 Å². The molecule has 0 spiro atoms. The van der Waals surface area contributed by atoms with Gasteiger partial charge in [0.25, 0.3) is 0 Å². The van der Waals surface area contributed by atoms with E-state index in [1.165, 1.54) is 17.7 Å². The van der Waals surface area contributed by atoms with Gasteiger partial charge in [-0.15, -0.1) is 0 Å². The highest BCUT2D eigenvalue weighted by molar-refractivity contribution is 7.93. The number of hydrogen-bond acceptors (Lipinski definition) is 5. The second-order valence-electron chi connectivity index (χ2n) is 6.17. The fourth-order valence-electron chi connectivity index (χ4n) is 1.88. The minimum absolute atomic E-state index is 0.0948. The van der Waals surface area contributed by atoms with Gasteiger partial charge in [-0.2, -0.15) is 0 Å². The standard InChI is InChI=1S/C12H18N2O.C8H13NO2S.C2H6/c1-9-3-5-11(6-4-9)12(14-13)7-10(2)8-15;1-4-8(12(9,10)11)6-5-7(2)3;1-2/h3-7,10,14-15H,8,13H2,1-2H3;4-6H,2H2,1,3H3,(H2,9,10,11);1-2H3/b12-7-;6-5-,8-4+;. The van der Waals surface area contributed by atoms with Crippen molar-refractivity contribution < 1.29 is 13.5 Å². The molecule has 0 bridgehead atoms. The minimum atomic E-state index is -3.58. The third-order valence-corrected chi connectivity index (χ3v) is 4.43. The average Bonchev–Trinajstić information content (AvgIpc) is 2.68. The van der Waals surface area contributed by atoms with Gasteiger partial charge in [-0.25, -0.2) is 13.6 Å². The fraction of sp³-hybridized carbons (Fsp3) is 0.364. The summed E-state index contributed by atoms with van der Waals surface area (Å²) in [5.41, 5.74) is 6.52. The monoisotopic (exact) mass is 423 g/mol. The van der Waals surface area contributed by atoms with Crippen LogP contribution in [-0.2, 0) is 10.0 Å². The zero-order valence-corrected chi connectivity index (χ0v) is 19.3. The van der Waals surface area contributed by atoms with Crippen LogP contribution in [0.25, 0.3) is 5.70 Å². The lowest BCUT2D eigenvalue weighted by Crippen LogP contribution is -2.21. The number of sulfonamides is 1. The van der Waals surface area contributed by atoms with Crippen LogP contribution >= 0.6 is 0 Å². The number of rotatable bonds is 7. The van der Waals surface area contributed by atoms with Crippen LogP contribution in [0, 0.1) is 12.8 Å². The number of aliphatic hydroxyl groups is 1. The van der Waals surface area contributed by atoms with E-state index in [0.717, 1.165) is 16.8 Å². The van der Waals surface area contributed by atoms with Crippen LogP contribution in [0.3, 0.4) is 0 Å². The lowest BCUT2D eigenvalue weighted by Gasteiger charge is -2.10. The third kappa shape index (κ3) is 13.6. The molecule has 1 atom stereocenters. The molecule has 0 saturated carbocycles. The Balaban J connectivity index is 0. The molecule has 0 aliphatic rings. The Kier molecular flexibility index (Phi) is 15.7. The van der Waals surface area contributed by atoms with Crippen molar-refractivity contribution in [2.45, 2.75) is 41.5 Å². The molecule has 6 N–H and O–H groups in total. The van der Waals surface area contributed by atoms with Crippen LogP contribution in [0.15, 0.2) is 65.6 Å². The number of allylic oxidation sites excluding steroid dienone is 4. The van der Waals surface area contributed by atoms with Crippen LogP contribution in [-0.4, -0.2) is 20.1 Å². The van der Waals surface area contributed by atoms with Crippen molar-refractivity contribution in [1.82, 2.24) is 5.43 Å². The summed E-state index contributed by atoms with van der Waals surface area (Å²) in [4.78, 5) is 0.102. The lowest BCUT2D eigenvalue weighted by molar-refractivity contribution is 0.262. The Bertz CT molecular complexity index is 793. The second kappa shape index (κ2) is 15.7. The van der Waals surface area contributed by atoms with Crippen LogP contribution in [0.2, 0.25) is 0 Å². The molecule has 0 radical (unpaired) electrons. The van der Waals surface area contributed by atoms with E-state index in [9.17, 15) is 8.42 Å². The number of aryl methyl sites for hydroxylation is 1. The predicted molar refractivity (Wildman–Crippen MR) is 125 cm³/mol. The molecular formula is C22H37N3O3S. The number of primary sulfonamides is 1. The summed E-state index contributed by atoms with van der Waals surface area (Å²) in [7, 11) is -3.58. The minimum Gasteiger partial charge on any atom is -0.396 e. The van der Waals surface area contributed by atoms with Crippen molar-refractivity contribution in [3.05, 3.63) is 76.8 Å². The number of aliphatic hydroxyl groups excluding tert-OH is 1. The van der Waals surface area contributed by atoms with Crippen LogP contribution in [0.5, 0.6) is 0 Å². The topological polar surface area (TPSA) is 118 Å². The number of hydrogen-bond donors (Lipinski definition) is 4. The SMILES string of the molecule is C=C(C)/C=C\C(=C/C)S(N)(=O)=O.CC.Cc1ccc(/C(=C/C(C)CO)NN)cc1. The van der Waals surface area contributed by atoms with Crippen LogP contribution < -0.4 is 16.4 Å². The van der Waals surface area contributed by atoms with Gasteiger partial charge in [0.15, 0.2) is 0 Å². The van der Waals surface area contributed by atoms with E-state index in [0.29, 0.717) is 0 Å². The molecule has 6 nitrogen and oxygen atoms in total. The third-order valence-electron chi connectivity index (χ3n) is 3.40. The Morgan fingerprint density at radius 2 is 1.76 bits per heavy atom. The van der Waals surface area contributed by atoms with Crippen molar-refractivity contribution in [1.29, 1.82) is 0 Å². The Morgan fingerprint density at radius 1 is 1.24 bits per heavy atom. The van der Waals surface area contributed by atoms with E-state index in [2.05, 4.69) is 12.0 Å². The number of nitrogens with two attached hydrogens (primary N) is 2. The molecule has 1 aromatic carbocycles. The zero-order chi connectivity index (χ0) is 23.0. The van der Waals surface area contributed by atoms with Gasteiger partial charge in [0, 0.05) is 6.61 Å². The van der Waals surface area contributed by atoms with E-state index in [-0.39, 0.29) is 17.4 Å². The molecule has 1 rings (SSSR count). The van der Waals surface area contributed by atoms with Crippen molar-refractivity contribution in [2.24, 2.45) is 16.9 Å². The Labute approximate surface area is 176 Å². The molecule has 0 aliphatic heterocycles. The molecule has 1 aromatic rings. The van der Waals surface area contributed by atoms with Gasteiger partial charge in [0.2, 0.25) is 10.0 Å². The smallest absolute Gasteiger partial charge is 0.237 e. The molecule has 0 aromatic heterocycles. The largest absolute Gasteiger partial charge is 0.396 e. The Hall–Kier alpha value is -2.19. The molecule has 0 heterocycles. The van der Waals surface area contributed by atoms with Gasteiger partial charge < -0.3 is 10.5 Å². The summed E-state index contributed by atoms with van der Waals surface area (Å²) in [5.74, 6) is 5.54. The summed E-state index contributed by atoms with van der Waals surface area (Å²) in [6, 6.07) is 8.07. The maximum absolute atomic E-state index is 10.8. The van der Waals surface area contributed by atoms with E-state index in [1.54, 1.807) is 19.9 Å². The molecule has 0 amide bonds. The highest BCUT2D eigenvalue weighted by atomic mass is 32.2. The molecule has 0 fully saturated rings. The quantitative estimate of drug-likeness (QED) is 0.302. The maximum Gasteiger partial charge on any atom is 0.237 e. The van der Waals surface area contributed by atoms with Crippen molar-refractivity contribution in [3.8, 4) is 0 Å². The molecule has 0 saturated heterocycles. The molecule has 0 aliphatic carbocycles. The second-order valence-corrected chi connectivity index (χ2v) is 7.73. The van der Waals surface area contributed by atoms with Crippen molar-refractivity contribution >= 4 is 15.7 Å². The van der Waals surface area contributed by atoms with E-state index in [4.69, 9.17) is 16.1 Å². The predicted octanol–water partition coefficient (Wildman–Crippen LogP) is 3.76. The zero-order valence-electron chi connectivity index (χ0n) is 18.4. The molecular weight excluding hydrogens is 386 g/mol. The van der Waals surface area contributed by atoms with Crippen LogP contribution in [0.4, 0.5) is 0 Å². The lowest BCUT2D eigenvalue weighted by atomic mass is 10.1. The summed E-state index contributed by atoms with van der Waals surface area (Å²) < 4.78 is 21.6. The van der Waals surface area contributed by atoms with Gasteiger partial charge in [0.1, 0.15) is 0 Å². The first-order valence-electron chi connectivity index (χ1n) is 9.44. The normalized spacial score (nSPS) is 13.0. The van der Waals surface area contributed by atoms with Crippen molar-refractivity contribution in [3.63, 3.8) is 0 Å². The van der Waals surface area contributed by atoms with Gasteiger partial charge in [-0.05, 0) is 38.3 Å². The number of nitrogens with one attached hydrogen (secondary N) is 1. The molecule has 1 unspecified atom stereocenters. The maximum atomic E-state index is 10.8. The summed E-state index contributed by atoms with van der Waals surface area (Å²) in [6.45, 7) is 15.1. The first kappa shape index (κ1) is 29.0. The first-order chi connectivity index (χ1) is 13.5. The van der Waals surface area contributed by atoms with E-state index in [1.807, 2.05) is 58.0 Å². The van der Waals surface area contributed by atoms with E-state index >= 15 is 0 Å². The molecule has 7 heteroatoms. The average molecular weight is 424 g/mol. The Morgan fingerprint density at radius 3 is 2.10 bits per heavy atom. The first-order valence-corrected chi connectivity index (χ1v) is 11.0. The number of hydrazine groups is 1. The molecule has 29 heavy (non-hydrogen) atoms. The highest BCUT2D eigenvalue weighted by Gasteiger charge is 2.05. The summed E-state index contributed by atoms with van der Waals surface area (Å²) in [6.07, 6.45) is 6.39. The van der Waals surface area contributed by atoms with Gasteiger partial charge in [0.05, 0.1) is 10.6 Å². The fourth-order valence-corrected chi connectivity index (χ4v) is 2.46.